The number of hydrogen-bond donors (Lipinski definition) is 2. The summed E-state index contributed by atoms with van der Waals surface area (Å²) in [5, 5.41) is 8.34. The van der Waals surface area contributed by atoms with Crippen LogP contribution in [-0.2, 0) is 0 Å². The molecular formula is C14H16N4. The molecule has 4 heteroatoms. The van der Waals surface area contributed by atoms with E-state index in [0.717, 1.165) is 16.8 Å². The van der Waals surface area contributed by atoms with Gasteiger partial charge in [-0.3, -0.25) is 0 Å². The summed E-state index contributed by atoms with van der Waals surface area (Å²) in [6.45, 7) is 3.93. The van der Waals surface area contributed by atoms with Gasteiger partial charge in [0.1, 0.15) is 5.69 Å². The van der Waals surface area contributed by atoms with E-state index in [-0.39, 0.29) is 0 Å². The monoisotopic (exact) mass is 240 g/mol. The minimum absolute atomic E-state index is 0.537. The minimum atomic E-state index is 0.537. The maximum absolute atomic E-state index is 5.85. The van der Waals surface area contributed by atoms with Gasteiger partial charge in [-0.25, -0.2) is 0 Å². The molecule has 0 saturated carbocycles. The van der Waals surface area contributed by atoms with Gasteiger partial charge in [0.15, 0.2) is 0 Å². The quantitative estimate of drug-likeness (QED) is 0.617. The molecule has 0 radical (unpaired) electrons. The zero-order valence-electron chi connectivity index (χ0n) is 10.5. The Hall–Kier alpha value is -2.36. The van der Waals surface area contributed by atoms with E-state index in [4.69, 9.17) is 11.5 Å². The lowest BCUT2D eigenvalue weighted by Gasteiger charge is -2.04. The minimum Gasteiger partial charge on any atom is -0.398 e. The lowest BCUT2D eigenvalue weighted by molar-refractivity contribution is 1.22. The zero-order valence-corrected chi connectivity index (χ0v) is 10.5. The Kier molecular flexibility index (Phi) is 3.28. The second-order valence-corrected chi connectivity index (χ2v) is 4.31. The van der Waals surface area contributed by atoms with Crippen molar-refractivity contribution in [2.45, 2.75) is 13.8 Å². The van der Waals surface area contributed by atoms with Gasteiger partial charge < -0.3 is 11.5 Å². The van der Waals surface area contributed by atoms with Crippen LogP contribution in [-0.4, -0.2) is 0 Å². The summed E-state index contributed by atoms with van der Waals surface area (Å²) in [7, 11) is 0. The first-order valence-electron chi connectivity index (χ1n) is 5.70. The van der Waals surface area contributed by atoms with Gasteiger partial charge in [0.2, 0.25) is 0 Å². The Bertz CT molecular complexity index is 603. The smallest absolute Gasteiger partial charge is 0.109 e. The van der Waals surface area contributed by atoms with E-state index in [9.17, 15) is 0 Å². The fourth-order valence-corrected chi connectivity index (χ4v) is 1.62. The molecule has 2 rings (SSSR count). The maximum atomic E-state index is 5.85. The molecular weight excluding hydrogens is 224 g/mol. The van der Waals surface area contributed by atoms with E-state index < -0.39 is 0 Å². The molecule has 0 saturated heterocycles. The van der Waals surface area contributed by atoms with Crippen LogP contribution in [0, 0.1) is 13.8 Å². The van der Waals surface area contributed by atoms with Crippen molar-refractivity contribution in [3.8, 4) is 0 Å². The van der Waals surface area contributed by atoms with Crippen LogP contribution in [0.15, 0.2) is 46.6 Å². The molecule has 0 fully saturated rings. The molecule has 92 valence electrons. The van der Waals surface area contributed by atoms with Gasteiger partial charge in [0, 0.05) is 5.69 Å². The third kappa shape index (κ3) is 2.66. The predicted octanol–water partition coefficient (Wildman–Crippen LogP) is 3.88. The van der Waals surface area contributed by atoms with E-state index in [1.165, 1.54) is 0 Å². The summed E-state index contributed by atoms with van der Waals surface area (Å²) in [6, 6.07) is 11.4. The average molecular weight is 240 g/mol. The van der Waals surface area contributed by atoms with Crippen molar-refractivity contribution < 1.29 is 0 Å². The lowest BCUT2D eigenvalue weighted by atomic mass is 10.1. The second kappa shape index (κ2) is 4.87. The van der Waals surface area contributed by atoms with Crippen LogP contribution in [0.25, 0.3) is 0 Å². The molecule has 2 aromatic rings. The van der Waals surface area contributed by atoms with Crippen molar-refractivity contribution in [1.29, 1.82) is 0 Å². The topological polar surface area (TPSA) is 76.8 Å². The van der Waals surface area contributed by atoms with Crippen LogP contribution in [0.4, 0.5) is 22.7 Å². The largest absolute Gasteiger partial charge is 0.398 e. The third-order valence-corrected chi connectivity index (χ3v) is 2.69. The number of anilines is 2. The van der Waals surface area contributed by atoms with E-state index in [1.807, 2.05) is 44.2 Å². The third-order valence-electron chi connectivity index (χ3n) is 2.69. The van der Waals surface area contributed by atoms with Gasteiger partial charge >= 0.3 is 0 Å². The van der Waals surface area contributed by atoms with Crippen LogP contribution in [0.2, 0.25) is 0 Å². The fourth-order valence-electron chi connectivity index (χ4n) is 1.62. The van der Waals surface area contributed by atoms with E-state index >= 15 is 0 Å². The van der Waals surface area contributed by atoms with Crippen molar-refractivity contribution in [2.75, 3.05) is 11.5 Å². The molecule has 0 spiro atoms. The molecule has 0 aliphatic heterocycles. The predicted molar refractivity (Wildman–Crippen MR) is 75.4 cm³/mol. The number of nitrogens with zero attached hydrogens (tertiary/aromatic N) is 2. The number of benzene rings is 2. The van der Waals surface area contributed by atoms with Crippen LogP contribution in [0.1, 0.15) is 11.1 Å². The van der Waals surface area contributed by atoms with Crippen molar-refractivity contribution in [1.82, 2.24) is 0 Å². The lowest BCUT2D eigenvalue weighted by Crippen LogP contribution is -1.93. The maximum Gasteiger partial charge on any atom is 0.109 e. The molecule has 4 nitrogen and oxygen atoms in total. The standard InChI is InChI=1S/C14H16N4/c1-9-4-3-5-11(6-9)17-18-14-7-10(2)12(15)8-13(14)16/h3-8H,15-16H2,1-2H3. The van der Waals surface area contributed by atoms with Crippen LogP contribution >= 0.6 is 0 Å². The Morgan fingerprint density at radius 2 is 1.67 bits per heavy atom. The molecule has 0 aliphatic rings. The molecule has 0 unspecified atom stereocenters. The van der Waals surface area contributed by atoms with Gasteiger partial charge in [0.25, 0.3) is 0 Å². The zero-order chi connectivity index (χ0) is 13.1. The number of rotatable bonds is 2. The second-order valence-electron chi connectivity index (χ2n) is 4.31. The molecule has 0 bridgehead atoms. The molecule has 18 heavy (non-hydrogen) atoms. The van der Waals surface area contributed by atoms with Gasteiger partial charge in [-0.15, -0.1) is 5.11 Å². The molecule has 0 atom stereocenters. The van der Waals surface area contributed by atoms with Crippen molar-refractivity contribution in [3.05, 3.63) is 47.5 Å². The summed E-state index contributed by atoms with van der Waals surface area (Å²) < 4.78 is 0. The van der Waals surface area contributed by atoms with Crippen LogP contribution in [0.5, 0.6) is 0 Å². The Morgan fingerprint density at radius 3 is 2.39 bits per heavy atom. The average Bonchev–Trinajstić information content (AvgIpc) is 2.32. The van der Waals surface area contributed by atoms with E-state index in [2.05, 4.69) is 10.2 Å². The molecule has 2 aromatic carbocycles. The molecule has 0 aliphatic carbocycles. The Morgan fingerprint density at radius 1 is 0.889 bits per heavy atom. The van der Waals surface area contributed by atoms with Crippen molar-refractivity contribution >= 4 is 22.7 Å². The molecule has 4 N–H and O–H groups in total. The summed E-state index contributed by atoms with van der Waals surface area (Å²) in [6.07, 6.45) is 0. The van der Waals surface area contributed by atoms with Crippen LogP contribution in [0.3, 0.4) is 0 Å². The first-order valence-corrected chi connectivity index (χ1v) is 5.70. The summed E-state index contributed by atoms with van der Waals surface area (Å²) >= 11 is 0. The normalized spacial score (nSPS) is 11.0. The van der Waals surface area contributed by atoms with E-state index in [1.54, 1.807) is 6.07 Å². The summed E-state index contributed by atoms with van der Waals surface area (Å²) in [5.74, 6) is 0. The highest BCUT2D eigenvalue weighted by Crippen LogP contribution is 2.29. The number of azo groups is 1. The van der Waals surface area contributed by atoms with Gasteiger partial charge in [0.05, 0.1) is 11.4 Å². The van der Waals surface area contributed by atoms with Crippen molar-refractivity contribution in [3.63, 3.8) is 0 Å². The highest BCUT2D eigenvalue weighted by Gasteiger charge is 2.02. The van der Waals surface area contributed by atoms with E-state index in [0.29, 0.717) is 17.1 Å². The first kappa shape index (κ1) is 12.1. The fraction of sp³-hybridized carbons (Fsp3) is 0.143. The summed E-state index contributed by atoms with van der Waals surface area (Å²) in [5.41, 5.74) is 16.4. The van der Waals surface area contributed by atoms with Crippen LogP contribution < -0.4 is 11.5 Å². The van der Waals surface area contributed by atoms with Crippen molar-refractivity contribution in [2.24, 2.45) is 10.2 Å². The SMILES string of the molecule is Cc1cccc(N=Nc2cc(C)c(N)cc2N)c1. The number of aryl methyl sites for hydroxylation is 2. The first-order chi connectivity index (χ1) is 8.56. The molecule has 0 aromatic heterocycles. The number of hydrogen-bond acceptors (Lipinski definition) is 4. The highest BCUT2D eigenvalue weighted by atomic mass is 15.1. The Labute approximate surface area is 106 Å². The molecule has 0 heterocycles. The Balaban J connectivity index is 2.32. The number of nitrogen functional groups attached to an aromatic ring is 2. The van der Waals surface area contributed by atoms with Gasteiger partial charge in [-0.05, 0) is 49.2 Å². The molecule has 0 amide bonds. The highest BCUT2D eigenvalue weighted by molar-refractivity contribution is 5.70. The van der Waals surface area contributed by atoms with Gasteiger partial charge in [-0.2, -0.15) is 5.11 Å². The summed E-state index contributed by atoms with van der Waals surface area (Å²) in [4.78, 5) is 0. The van der Waals surface area contributed by atoms with Gasteiger partial charge in [-0.1, -0.05) is 12.1 Å². The number of nitrogens with two attached hydrogens (primary N) is 2.